The normalized spacial score (nSPS) is 24.3. The number of hydrogen-bond acceptors (Lipinski definition) is 10. The highest BCUT2D eigenvalue weighted by atomic mass is 19.4. The number of amides is 4. The fourth-order valence-corrected chi connectivity index (χ4v) is 9.91. The lowest BCUT2D eigenvalue weighted by Crippen LogP contribution is -2.53. The second-order valence-electron chi connectivity index (χ2n) is 16.5. The van der Waals surface area contributed by atoms with Gasteiger partial charge >= 0.3 is 6.36 Å². The predicted octanol–water partition coefficient (Wildman–Crippen LogP) is 9.27. The zero-order valence-electron chi connectivity index (χ0n) is 34.3. The Morgan fingerprint density at radius 1 is 0.794 bits per heavy atom. The van der Waals surface area contributed by atoms with Gasteiger partial charge in [0, 0.05) is 31.3 Å². The van der Waals surface area contributed by atoms with Gasteiger partial charge in [-0.2, -0.15) is 15.2 Å². The molecule has 1 saturated carbocycles. The molecule has 4 aliphatic rings. The quantitative estimate of drug-likeness (QED) is 0.0849. The molecule has 5 aromatic rings. The number of imide groups is 2. The zero-order valence-corrected chi connectivity index (χ0v) is 34.3. The Hall–Kier alpha value is -7.29. The molecular weight excluding hydrogens is 814 g/mol. The van der Waals surface area contributed by atoms with Crippen molar-refractivity contribution in [2.24, 2.45) is 33.9 Å². The van der Waals surface area contributed by atoms with E-state index in [0.29, 0.717) is 33.9 Å². The first kappa shape index (κ1) is 41.1. The molecule has 2 N–H and O–H groups in total. The van der Waals surface area contributed by atoms with Gasteiger partial charge in [0.25, 0.3) is 11.8 Å². The van der Waals surface area contributed by atoms with E-state index in [1.165, 1.54) is 0 Å². The monoisotopic (exact) mass is 854 g/mol. The van der Waals surface area contributed by atoms with Crippen LogP contribution in [0, 0.1) is 30.6 Å². The maximum Gasteiger partial charge on any atom is 0.573 e. The van der Waals surface area contributed by atoms with Crippen molar-refractivity contribution in [2.45, 2.75) is 37.5 Å². The lowest BCUT2D eigenvalue weighted by atomic mass is 9.49. The summed E-state index contributed by atoms with van der Waals surface area (Å²) in [6.07, 6.45) is -3.34. The Morgan fingerprint density at radius 2 is 1.44 bits per heavy atom. The molecule has 2 aliphatic carbocycles. The summed E-state index contributed by atoms with van der Waals surface area (Å²) < 4.78 is 45.5. The van der Waals surface area contributed by atoms with E-state index < -0.39 is 76.5 Å². The first-order chi connectivity index (χ1) is 30.1. The predicted molar refractivity (Wildman–Crippen MR) is 227 cm³/mol. The van der Waals surface area contributed by atoms with Crippen molar-refractivity contribution in [3.63, 3.8) is 0 Å². The number of benzene rings is 5. The Kier molecular flexibility index (Phi) is 10.1. The maximum atomic E-state index is 15.4. The van der Waals surface area contributed by atoms with Crippen LogP contribution < -0.4 is 20.0 Å². The average Bonchev–Trinajstić information content (AvgIpc) is 3.65. The minimum atomic E-state index is -5.09. The highest BCUT2D eigenvalue weighted by Crippen LogP contribution is 2.65. The van der Waals surface area contributed by atoms with E-state index in [1.807, 2.05) is 50.2 Å². The van der Waals surface area contributed by atoms with Gasteiger partial charge in [-0.05, 0) is 110 Å². The van der Waals surface area contributed by atoms with E-state index >= 15 is 4.79 Å². The van der Waals surface area contributed by atoms with E-state index in [-0.39, 0.29) is 18.4 Å². The third kappa shape index (κ3) is 7.06. The summed E-state index contributed by atoms with van der Waals surface area (Å²) in [6, 6.07) is 32.5. The second kappa shape index (κ2) is 15.6. The standard InChI is InChI=1S/C48H41F3N6O6/c1-27-9-11-31(12-10-27)54-57-44(60)39-26-37-35(42(47(39,46(57)62)28-7-5-4-6-8-28)38-25-34(21-24-40(38)58)63-48(49,50)51)22-23-36-41(37)45(61)56(43(36)59)33-19-15-30(16-20-33)53-52-29-13-17-32(18-14-29)55(2)3/h4-22,24-25,36-37,39,41-42,54,58H,23,26H2,1-3H3/t36-,37+,39-,41-,42+,47+/m0/s1. The smallest absolute Gasteiger partial charge is 0.508 e. The molecule has 0 unspecified atom stereocenters. The van der Waals surface area contributed by atoms with Crippen LogP contribution in [0.3, 0.4) is 0 Å². The zero-order chi connectivity index (χ0) is 44.4. The van der Waals surface area contributed by atoms with E-state index in [2.05, 4.69) is 20.4 Å². The van der Waals surface area contributed by atoms with E-state index in [9.17, 15) is 32.7 Å². The van der Waals surface area contributed by atoms with Crippen molar-refractivity contribution >= 4 is 52.1 Å². The van der Waals surface area contributed by atoms with Crippen molar-refractivity contribution < 1.29 is 42.2 Å². The van der Waals surface area contributed by atoms with Crippen LogP contribution in [0.2, 0.25) is 0 Å². The number of halogens is 3. The summed E-state index contributed by atoms with van der Waals surface area (Å²) in [4.78, 5) is 62.5. The SMILES string of the molecule is Cc1ccc(NN2C(=O)[C@@H]3C[C@@H]4C(=CC[C@@H]5C(=O)N(c6ccc(N=Nc7ccc(N(C)C)cc7)cc6)C(=O)[C@@H]54)[C@H](c4cc(OC(F)(F)F)ccc4O)[C@]3(c3ccccc3)C2=O)cc1. The number of hydrazine groups is 1. The molecule has 9 rings (SSSR count). The minimum absolute atomic E-state index is 0.0511. The van der Waals surface area contributed by atoms with Crippen LogP contribution in [0.25, 0.3) is 0 Å². The molecule has 6 atom stereocenters. The van der Waals surface area contributed by atoms with Gasteiger partial charge in [-0.1, -0.05) is 59.7 Å². The number of carbonyl (C=O) groups is 4. The molecule has 63 heavy (non-hydrogen) atoms. The molecule has 5 aromatic carbocycles. The molecule has 320 valence electrons. The molecule has 3 fully saturated rings. The van der Waals surface area contributed by atoms with Crippen LogP contribution in [0.5, 0.6) is 11.5 Å². The Labute approximate surface area is 360 Å². The number of azo groups is 1. The average molecular weight is 855 g/mol. The van der Waals surface area contributed by atoms with E-state index in [0.717, 1.165) is 39.4 Å². The molecule has 12 nitrogen and oxygen atoms in total. The molecule has 2 saturated heterocycles. The van der Waals surface area contributed by atoms with Gasteiger partial charge in [-0.25, -0.2) is 0 Å². The summed E-state index contributed by atoms with van der Waals surface area (Å²) in [7, 11) is 3.87. The number of hydrogen-bond donors (Lipinski definition) is 2. The lowest BCUT2D eigenvalue weighted by Gasteiger charge is -2.50. The fraction of sp³-hybridized carbons (Fsp3) is 0.250. The lowest BCUT2D eigenvalue weighted by molar-refractivity contribution is -0.274. The number of nitrogens with one attached hydrogen (secondary N) is 1. The molecule has 15 heteroatoms. The van der Waals surface area contributed by atoms with E-state index in [1.54, 1.807) is 84.9 Å². The van der Waals surface area contributed by atoms with Gasteiger partial charge in [0.2, 0.25) is 11.8 Å². The number of aryl methyl sites for hydroxylation is 1. The van der Waals surface area contributed by atoms with Crippen LogP contribution in [-0.2, 0) is 24.6 Å². The molecule has 0 radical (unpaired) electrons. The van der Waals surface area contributed by atoms with Crippen molar-refractivity contribution in [2.75, 3.05) is 29.3 Å². The number of ether oxygens (including phenoxy) is 1. The van der Waals surface area contributed by atoms with Crippen molar-refractivity contribution in [1.29, 1.82) is 0 Å². The number of carbonyl (C=O) groups excluding carboxylic acids is 4. The third-order valence-electron chi connectivity index (χ3n) is 12.7. The third-order valence-corrected chi connectivity index (χ3v) is 12.7. The number of nitrogens with zero attached hydrogens (tertiary/aromatic N) is 5. The molecular formula is C48H41F3N6O6. The topological polar surface area (TPSA) is 144 Å². The van der Waals surface area contributed by atoms with Crippen molar-refractivity contribution in [1.82, 2.24) is 5.01 Å². The van der Waals surface area contributed by atoms with Crippen LogP contribution in [0.15, 0.2) is 143 Å². The number of fused-ring (bicyclic) bond motifs is 4. The van der Waals surface area contributed by atoms with Gasteiger partial charge in [0.05, 0.1) is 45.9 Å². The van der Waals surface area contributed by atoms with Crippen molar-refractivity contribution in [3.8, 4) is 11.5 Å². The minimum Gasteiger partial charge on any atom is -0.508 e. The number of allylic oxidation sites excluding steroid dienone is 2. The number of aromatic hydroxyl groups is 1. The highest BCUT2D eigenvalue weighted by Gasteiger charge is 2.70. The molecule has 0 spiro atoms. The molecule has 0 aromatic heterocycles. The van der Waals surface area contributed by atoms with Crippen LogP contribution in [0.4, 0.5) is 41.6 Å². The van der Waals surface area contributed by atoms with Gasteiger partial charge < -0.3 is 14.7 Å². The second-order valence-corrected chi connectivity index (χ2v) is 16.5. The first-order valence-electron chi connectivity index (χ1n) is 20.4. The molecule has 4 amide bonds. The Balaban J connectivity index is 1.12. The number of alkyl halides is 3. The van der Waals surface area contributed by atoms with Gasteiger partial charge in [0.15, 0.2) is 0 Å². The fourth-order valence-electron chi connectivity index (χ4n) is 9.91. The Bertz CT molecular complexity index is 2690. The first-order valence-corrected chi connectivity index (χ1v) is 20.4. The van der Waals surface area contributed by atoms with Crippen LogP contribution in [0.1, 0.15) is 35.4 Å². The summed E-state index contributed by atoms with van der Waals surface area (Å²) in [5.41, 5.74) is 5.66. The van der Waals surface area contributed by atoms with E-state index in [4.69, 9.17) is 0 Å². The Morgan fingerprint density at radius 3 is 2.08 bits per heavy atom. The summed E-state index contributed by atoms with van der Waals surface area (Å²) in [5.74, 6) is -8.59. The number of anilines is 3. The van der Waals surface area contributed by atoms with Gasteiger partial charge in [0.1, 0.15) is 11.5 Å². The number of rotatable bonds is 9. The molecule has 0 bridgehead atoms. The van der Waals surface area contributed by atoms with Gasteiger partial charge in [-0.3, -0.25) is 29.5 Å². The number of phenolic OH excluding ortho intramolecular Hbond substituents is 1. The van der Waals surface area contributed by atoms with Gasteiger partial charge in [-0.15, -0.1) is 13.2 Å². The summed E-state index contributed by atoms with van der Waals surface area (Å²) >= 11 is 0. The van der Waals surface area contributed by atoms with Crippen LogP contribution >= 0.6 is 0 Å². The maximum absolute atomic E-state index is 15.4. The summed E-state index contributed by atoms with van der Waals surface area (Å²) in [5, 5.41) is 21.2. The van der Waals surface area contributed by atoms with Crippen LogP contribution in [-0.4, -0.2) is 54.2 Å². The number of phenols is 1. The van der Waals surface area contributed by atoms with Crippen molar-refractivity contribution in [3.05, 3.63) is 150 Å². The molecule has 2 heterocycles. The largest absolute Gasteiger partial charge is 0.573 e. The highest BCUT2D eigenvalue weighted by molar-refractivity contribution is 6.22. The molecule has 2 aliphatic heterocycles. The summed E-state index contributed by atoms with van der Waals surface area (Å²) in [6.45, 7) is 1.89.